The van der Waals surface area contributed by atoms with Crippen LogP contribution < -0.4 is 10.6 Å². The normalized spacial score (nSPS) is 11.6. The van der Waals surface area contributed by atoms with Crippen LogP contribution in [0, 0.1) is 0 Å². The Hall–Kier alpha value is -2.66. The Labute approximate surface area is 141 Å². The second-order valence-corrected chi connectivity index (χ2v) is 5.68. The molecule has 2 amide bonds. The van der Waals surface area contributed by atoms with Gasteiger partial charge in [-0.1, -0.05) is 19.1 Å². The summed E-state index contributed by atoms with van der Waals surface area (Å²) in [5.41, 5.74) is 3.05. The van der Waals surface area contributed by atoms with Crippen molar-refractivity contribution in [3.8, 4) is 0 Å². The summed E-state index contributed by atoms with van der Waals surface area (Å²) in [6.07, 6.45) is 0.307. The van der Waals surface area contributed by atoms with Crippen molar-refractivity contribution in [3.63, 3.8) is 0 Å². The molecule has 0 radical (unpaired) electrons. The van der Waals surface area contributed by atoms with Gasteiger partial charge in [-0.25, -0.2) is 0 Å². The van der Waals surface area contributed by atoms with E-state index in [4.69, 9.17) is 0 Å². The molecular formula is C19H22N2O3. The van der Waals surface area contributed by atoms with Gasteiger partial charge in [0.25, 0.3) is 5.91 Å². The fraction of sp³-hybridized carbons (Fsp3) is 0.263. The number of benzene rings is 2. The lowest BCUT2D eigenvalue weighted by Gasteiger charge is -2.09. The third kappa shape index (κ3) is 5.21. The third-order valence-corrected chi connectivity index (χ3v) is 3.53. The molecule has 0 saturated heterocycles. The average molecular weight is 326 g/mol. The van der Waals surface area contributed by atoms with E-state index in [1.807, 2.05) is 24.3 Å². The van der Waals surface area contributed by atoms with Gasteiger partial charge in [0.2, 0.25) is 5.91 Å². The Bertz CT molecular complexity index is 692. The smallest absolute Gasteiger partial charge is 0.255 e. The van der Waals surface area contributed by atoms with E-state index in [1.165, 1.54) is 5.56 Å². The van der Waals surface area contributed by atoms with Crippen molar-refractivity contribution < 1.29 is 14.7 Å². The maximum atomic E-state index is 12.2. The third-order valence-electron chi connectivity index (χ3n) is 3.53. The van der Waals surface area contributed by atoms with Crippen molar-refractivity contribution in [2.75, 3.05) is 10.6 Å². The number of rotatable bonds is 6. The largest absolute Gasteiger partial charge is 0.393 e. The molecule has 24 heavy (non-hydrogen) atoms. The van der Waals surface area contributed by atoms with Crippen LogP contribution in [-0.2, 0) is 11.2 Å². The van der Waals surface area contributed by atoms with Gasteiger partial charge in [0.15, 0.2) is 0 Å². The minimum Gasteiger partial charge on any atom is -0.393 e. The fourth-order valence-electron chi connectivity index (χ4n) is 2.21. The van der Waals surface area contributed by atoms with Crippen molar-refractivity contribution in [1.29, 1.82) is 0 Å². The van der Waals surface area contributed by atoms with Crippen molar-refractivity contribution in [2.45, 2.75) is 32.8 Å². The van der Waals surface area contributed by atoms with E-state index in [-0.39, 0.29) is 18.2 Å². The predicted molar refractivity (Wildman–Crippen MR) is 95.1 cm³/mol. The highest BCUT2D eigenvalue weighted by Crippen LogP contribution is 2.14. The zero-order valence-electron chi connectivity index (χ0n) is 13.9. The van der Waals surface area contributed by atoms with E-state index >= 15 is 0 Å². The Kier molecular flexibility index (Phi) is 6.09. The van der Waals surface area contributed by atoms with E-state index in [2.05, 4.69) is 17.6 Å². The van der Waals surface area contributed by atoms with E-state index < -0.39 is 6.10 Å². The lowest BCUT2D eigenvalue weighted by Crippen LogP contribution is -2.17. The van der Waals surface area contributed by atoms with Crippen molar-refractivity contribution in [1.82, 2.24) is 0 Å². The number of carbonyl (C=O) groups excluding carboxylic acids is 2. The number of amides is 2. The minimum absolute atomic E-state index is 0.0377. The standard InChI is InChI=1S/C19H22N2O3/c1-3-14-4-8-17(9-5-14)21-19(24)15-6-10-16(11-7-15)20-18(23)12-13(2)22/h4-11,13,22H,3,12H2,1-2H3,(H,20,23)(H,21,24). The first-order valence-corrected chi connectivity index (χ1v) is 7.96. The van der Waals surface area contributed by atoms with Gasteiger partial charge in [0.05, 0.1) is 12.5 Å². The summed E-state index contributed by atoms with van der Waals surface area (Å²) < 4.78 is 0. The molecule has 2 aromatic carbocycles. The molecule has 0 fully saturated rings. The second kappa shape index (κ2) is 8.26. The first-order valence-electron chi connectivity index (χ1n) is 7.96. The molecule has 1 unspecified atom stereocenters. The maximum Gasteiger partial charge on any atom is 0.255 e. The summed E-state index contributed by atoms with van der Waals surface area (Å²) in [7, 11) is 0. The lowest BCUT2D eigenvalue weighted by atomic mass is 10.1. The van der Waals surface area contributed by atoms with E-state index in [9.17, 15) is 14.7 Å². The Morgan fingerprint density at radius 3 is 2.04 bits per heavy atom. The molecule has 126 valence electrons. The number of hydrogen-bond donors (Lipinski definition) is 3. The predicted octanol–water partition coefficient (Wildman–Crippen LogP) is 3.21. The van der Waals surface area contributed by atoms with Crippen LogP contribution in [0.3, 0.4) is 0 Å². The molecule has 0 saturated carbocycles. The van der Waals surface area contributed by atoms with Crippen LogP contribution in [0.15, 0.2) is 48.5 Å². The molecule has 0 aromatic heterocycles. The van der Waals surface area contributed by atoms with Crippen LogP contribution in [-0.4, -0.2) is 23.0 Å². The minimum atomic E-state index is -0.686. The maximum absolute atomic E-state index is 12.2. The summed E-state index contributed by atoms with van der Waals surface area (Å²) in [5.74, 6) is -0.473. The number of aryl methyl sites for hydroxylation is 1. The van der Waals surface area contributed by atoms with Crippen LogP contribution in [0.4, 0.5) is 11.4 Å². The second-order valence-electron chi connectivity index (χ2n) is 5.68. The highest BCUT2D eigenvalue weighted by Gasteiger charge is 2.09. The van der Waals surface area contributed by atoms with Crippen molar-refractivity contribution in [2.24, 2.45) is 0 Å². The molecule has 0 aliphatic carbocycles. The van der Waals surface area contributed by atoms with Gasteiger partial charge in [0.1, 0.15) is 0 Å². The van der Waals surface area contributed by atoms with Gasteiger partial charge in [-0.2, -0.15) is 0 Å². The van der Waals surface area contributed by atoms with Crippen LogP contribution in [0.2, 0.25) is 0 Å². The number of nitrogens with one attached hydrogen (secondary N) is 2. The van der Waals surface area contributed by atoms with Gasteiger partial charge in [0, 0.05) is 16.9 Å². The molecule has 1 atom stereocenters. The number of carbonyl (C=O) groups is 2. The Morgan fingerprint density at radius 2 is 1.50 bits per heavy atom. The molecule has 0 aliphatic heterocycles. The summed E-state index contributed by atoms with van der Waals surface area (Å²) in [4.78, 5) is 23.8. The monoisotopic (exact) mass is 326 g/mol. The van der Waals surface area contributed by atoms with Gasteiger partial charge in [-0.3, -0.25) is 9.59 Å². The summed E-state index contributed by atoms with van der Waals surface area (Å²) in [6, 6.07) is 14.3. The molecular weight excluding hydrogens is 304 g/mol. The summed E-state index contributed by atoms with van der Waals surface area (Å²) >= 11 is 0. The quantitative estimate of drug-likeness (QED) is 0.763. The van der Waals surface area contributed by atoms with E-state index in [0.29, 0.717) is 11.3 Å². The van der Waals surface area contributed by atoms with E-state index in [0.717, 1.165) is 12.1 Å². The van der Waals surface area contributed by atoms with Gasteiger partial charge in [-0.05, 0) is 55.3 Å². The van der Waals surface area contributed by atoms with Crippen LogP contribution in [0.25, 0.3) is 0 Å². The lowest BCUT2D eigenvalue weighted by molar-refractivity contribution is -0.117. The first-order chi connectivity index (χ1) is 11.5. The number of hydrogen-bond acceptors (Lipinski definition) is 3. The van der Waals surface area contributed by atoms with E-state index in [1.54, 1.807) is 31.2 Å². The number of aliphatic hydroxyl groups is 1. The number of anilines is 2. The topological polar surface area (TPSA) is 78.4 Å². The molecule has 3 N–H and O–H groups in total. The van der Waals surface area contributed by atoms with Gasteiger partial charge >= 0.3 is 0 Å². The summed E-state index contributed by atoms with van der Waals surface area (Å²) in [6.45, 7) is 3.63. The molecule has 0 bridgehead atoms. The SMILES string of the molecule is CCc1ccc(NC(=O)c2ccc(NC(=O)CC(C)O)cc2)cc1. The van der Waals surface area contributed by atoms with Gasteiger partial charge < -0.3 is 15.7 Å². The highest BCUT2D eigenvalue weighted by atomic mass is 16.3. The molecule has 0 spiro atoms. The zero-order chi connectivity index (χ0) is 17.5. The zero-order valence-corrected chi connectivity index (χ0v) is 13.9. The Morgan fingerprint density at radius 1 is 0.958 bits per heavy atom. The molecule has 5 nitrogen and oxygen atoms in total. The van der Waals surface area contributed by atoms with Crippen molar-refractivity contribution >= 4 is 23.2 Å². The fourth-order valence-corrected chi connectivity index (χ4v) is 2.21. The van der Waals surface area contributed by atoms with Crippen LogP contribution >= 0.6 is 0 Å². The molecule has 0 aliphatic rings. The van der Waals surface area contributed by atoms with Crippen LogP contribution in [0.5, 0.6) is 0 Å². The van der Waals surface area contributed by atoms with Crippen LogP contribution in [0.1, 0.15) is 36.2 Å². The average Bonchev–Trinajstić information content (AvgIpc) is 2.55. The summed E-state index contributed by atoms with van der Waals surface area (Å²) in [5, 5.41) is 14.7. The molecule has 0 heterocycles. The van der Waals surface area contributed by atoms with Crippen molar-refractivity contribution in [3.05, 3.63) is 59.7 Å². The Balaban J connectivity index is 1.96. The number of aliphatic hydroxyl groups excluding tert-OH is 1. The molecule has 2 aromatic rings. The van der Waals surface area contributed by atoms with Gasteiger partial charge in [-0.15, -0.1) is 0 Å². The highest BCUT2D eigenvalue weighted by molar-refractivity contribution is 6.04. The molecule has 5 heteroatoms. The first kappa shape index (κ1) is 17.7. The molecule has 2 rings (SSSR count).